The van der Waals surface area contributed by atoms with Gasteiger partial charge in [-0.05, 0) is 26.2 Å². The van der Waals surface area contributed by atoms with Crippen LogP contribution in [0.5, 0.6) is 0 Å². The van der Waals surface area contributed by atoms with Gasteiger partial charge in [-0.3, -0.25) is 0 Å². The van der Waals surface area contributed by atoms with Crippen molar-refractivity contribution in [1.29, 1.82) is 0 Å². The molecule has 0 heterocycles. The molecule has 68 valence electrons. The number of ether oxygens (including phenoxy) is 1. The molecule has 2 nitrogen and oxygen atoms in total. The fraction of sp³-hybridized carbons (Fsp3) is 1.00. The largest absolute Gasteiger partial charge is 0.377 e. The first-order chi connectivity index (χ1) is 5.02. The Morgan fingerprint density at radius 3 is 2.09 bits per heavy atom. The molecule has 0 aliphatic heterocycles. The smallest absolute Gasteiger partial charge is 0.0621 e. The van der Waals surface area contributed by atoms with Crippen LogP contribution in [0, 0.1) is 5.92 Å². The molecule has 0 bridgehead atoms. The van der Waals surface area contributed by atoms with Crippen molar-refractivity contribution in [3.05, 3.63) is 0 Å². The first kappa shape index (κ1) is 10.9. The molecule has 11 heavy (non-hydrogen) atoms. The van der Waals surface area contributed by atoms with Gasteiger partial charge in [-0.25, -0.2) is 0 Å². The lowest BCUT2D eigenvalue weighted by Crippen LogP contribution is -2.29. The maximum atomic E-state index is 5.80. The zero-order chi connectivity index (χ0) is 8.85. The highest BCUT2D eigenvalue weighted by atomic mass is 16.5. The monoisotopic (exact) mass is 159 g/mol. The van der Waals surface area contributed by atoms with Crippen molar-refractivity contribution >= 4 is 0 Å². The number of nitrogens with two attached hydrogens (primary N) is 1. The van der Waals surface area contributed by atoms with Crippen LogP contribution in [0.15, 0.2) is 0 Å². The molecular weight excluding hydrogens is 138 g/mol. The molecule has 0 amide bonds. The highest BCUT2D eigenvalue weighted by Crippen LogP contribution is 2.03. The fourth-order valence-corrected chi connectivity index (χ4v) is 0.990. The molecule has 0 spiro atoms. The molecule has 1 atom stereocenters. The van der Waals surface area contributed by atoms with Crippen molar-refractivity contribution < 1.29 is 4.74 Å². The van der Waals surface area contributed by atoms with E-state index in [4.69, 9.17) is 10.5 Å². The Morgan fingerprint density at radius 1 is 1.18 bits per heavy atom. The summed E-state index contributed by atoms with van der Waals surface area (Å²) in [7, 11) is 0. The van der Waals surface area contributed by atoms with E-state index in [1.165, 1.54) is 0 Å². The fourth-order valence-electron chi connectivity index (χ4n) is 0.990. The predicted octanol–water partition coefficient (Wildman–Crippen LogP) is 1.78. The molecular formula is C9H21NO. The van der Waals surface area contributed by atoms with E-state index >= 15 is 0 Å². The SMILES string of the molecule is CC(C)C[C@H](N)COC(C)C. The Balaban J connectivity index is 3.29. The van der Waals surface area contributed by atoms with Gasteiger partial charge in [0.15, 0.2) is 0 Å². The van der Waals surface area contributed by atoms with Gasteiger partial charge >= 0.3 is 0 Å². The van der Waals surface area contributed by atoms with Crippen LogP contribution in [-0.4, -0.2) is 18.8 Å². The van der Waals surface area contributed by atoms with E-state index < -0.39 is 0 Å². The summed E-state index contributed by atoms with van der Waals surface area (Å²) in [5.41, 5.74) is 5.80. The summed E-state index contributed by atoms with van der Waals surface area (Å²) >= 11 is 0. The van der Waals surface area contributed by atoms with Crippen LogP contribution in [0.25, 0.3) is 0 Å². The molecule has 0 rings (SSSR count). The van der Waals surface area contributed by atoms with E-state index in [9.17, 15) is 0 Å². The maximum Gasteiger partial charge on any atom is 0.0621 e. The molecule has 0 saturated heterocycles. The molecule has 2 heteroatoms. The average Bonchev–Trinajstić information content (AvgIpc) is 1.82. The van der Waals surface area contributed by atoms with Crippen molar-refractivity contribution in [2.24, 2.45) is 11.7 Å². The minimum Gasteiger partial charge on any atom is -0.377 e. The third-order valence-electron chi connectivity index (χ3n) is 1.42. The molecule has 0 aromatic carbocycles. The molecule has 2 N–H and O–H groups in total. The number of rotatable bonds is 5. The molecule has 0 aromatic rings. The average molecular weight is 159 g/mol. The van der Waals surface area contributed by atoms with Gasteiger partial charge in [-0.1, -0.05) is 13.8 Å². The van der Waals surface area contributed by atoms with Crippen LogP contribution in [-0.2, 0) is 4.74 Å². The highest BCUT2D eigenvalue weighted by Gasteiger charge is 2.05. The van der Waals surface area contributed by atoms with Crippen LogP contribution in [0.2, 0.25) is 0 Å². The number of hydrogen-bond donors (Lipinski definition) is 1. The summed E-state index contributed by atoms with van der Waals surface area (Å²) in [5.74, 6) is 0.667. The van der Waals surface area contributed by atoms with Gasteiger partial charge in [-0.15, -0.1) is 0 Å². The third-order valence-corrected chi connectivity index (χ3v) is 1.42. The Kier molecular flexibility index (Phi) is 5.51. The molecule has 0 aromatic heterocycles. The van der Waals surface area contributed by atoms with Gasteiger partial charge in [0.2, 0.25) is 0 Å². The topological polar surface area (TPSA) is 35.2 Å². The normalized spacial score (nSPS) is 14.5. The van der Waals surface area contributed by atoms with Crippen LogP contribution < -0.4 is 5.73 Å². The van der Waals surface area contributed by atoms with Crippen LogP contribution in [0.3, 0.4) is 0 Å². The van der Waals surface area contributed by atoms with Crippen molar-refractivity contribution in [2.45, 2.75) is 46.3 Å². The summed E-state index contributed by atoms with van der Waals surface area (Å²) in [4.78, 5) is 0. The molecule has 0 unspecified atom stereocenters. The van der Waals surface area contributed by atoms with E-state index in [-0.39, 0.29) is 6.04 Å². The van der Waals surface area contributed by atoms with Crippen LogP contribution >= 0.6 is 0 Å². The summed E-state index contributed by atoms with van der Waals surface area (Å²) in [6, 6.07) is 0.206. The standard InChI is InChI=1S/C9H21NO/c1-7(2)5-9(10)6-11-8(3)4/h7-9H,5-6,10H2,1-4H3/t9-/m0/s1. The van der Waals surface area contributed by atoms with Crippen LogP contribution in [0.1, 0.15) is 34.1 Å². The minimum absolute atomic E-state index is 0.206. The number of hydrogen-bond acceptors (Lipinski definition) is 2. The molecule has 0 radical (unpaired) electrons. The lowest BCUT2D eigenvalue weighted by molar-refractivity contribution is 0.0647. The molecule has 0 saturated carbocycles. The summed E-state index contributed by atoms with van der Waals surface area (Å²) in [5, 5.41) is 0. The van der Waals surface area contributed by atoms with Crippen LogP contribution in [0.4, 0.5) is 0 Å². The van der Waals surface area contributed by atoms with Gasteiger partial charge in [-0.2, -0.15) is 0 Å². The van der Waals surface area contributed by atoms with E-state index in [1.807, 2.05) is 13.8 Å². The Hall–Kier alpha value is -0.0800. The first-order valence-electron chi connectivity index (χ1n) is 4.39. The second-order valence-electron chi connectivity index (χ2n) is 3.77. The van der Waals surface area contributed by atoms with Crippen molar-refractivity contribution in [2.75, 3.05) is 6.61 Å². The second-order valence-corrected chi connectivity index (χ2v) is 3.77. The predicted molar refractivity (Wildman–Crippen MR) is 48.5 cm³/mol. The van der Waals surface area contributed by atoms with Gasteiger partial charge < -0.3 is 10.5 Å². The third kappa shape index (κ3) is 7.82. The van der Waals surface area contributed by atoms with E-state index in [2.05, 4.69) is 13.8 Å². The quantitative estimate of drug-likeness (QED) is 0.663. The summed E-state index contributed by atoms with van der Waals surface area (Å²) < 4.78 is 5.38. The zero-order valence-corrected chi connectivity index (χ0v) is 8.13. The van der Waals surface area contributed by atoms with Crippen molar-refractivity contribution in [3.63, 3.8) is 0 Å². The summed E-state index contributed by atoms with van der Waals surface area (Å²) in [6.45, 7) is 9.10. The summed E-state index contributed by atoms with van der Waals surface area (Å²) in [6.07, 6.45) is 1.35. The van der Waals surface area contributed by atoms with E-state index in [0.29, 0.717) is 18.6 Å². The van der Waals surface area contributed by atoms with Gasteiger partial charge in [0.25, 0.3) is 0 Å². The first-order valence-corrected chi connectivity index (χ1v) is 4.39. The highest BCUT2D eigenvalue weighted by molar-refractivity contribution is 4.62. The maximum absolute atomic E-state index is 5.80. The van der Waals surface area contributed by atoms with E-state index in [1.54, 1.807) is 0 Å². The molecule has 0 aliphatic rings. The second kappa shape index (κ2) is 5.56. The van der Waals surface area contributed by atoms with Crippen molar-refractivity contribution in [1.82, 2.24) is 0 Å². The van der Waals surface area contributed by atoms with Gasteiger partial charge in [0.05, 0.1) is 12.7 Å². The Labute approximate surface area is 70.1 Å². The Bertz CT molecular complexity index is 91.6. The lowest BCUT2D eigenvalue weighted by Gasteiger charge is -2.15. The Morgan fingerprint density at radius 2 is 1.73 bits per heavy atom. The minimum atomic E-state index is 0.206. The van der Waals surface area contributed by atoms with Crippen molar-refractivity contribution in [3.8, 4) is 0 Å². The molecule has 0 aliphatic carbocycles. The zero-order valence-electron chi connectivity index (χ0n) is 8.13. The van der Waals surface area contributed by atoms with Gasteiger partial charge in [0, 0.05) is 6.04 Å². The lowest BCUT2D eigenvalue weighted by atomic mass is 10.1. The molecule has 0 fully saturated rings. The van der Waals surface area contributed by atoms with E-state index in [0.717, 1.165) is 6.42 Å². The van der Waals surface area contributed by atoms with Gasteiger partial charge in [0.1, 0.15) is 0 Å².